The van der Waals surface area contributed by atoms with E-state index in [-0.39, 0.29) is 12.1 Å². The summed E-state index contributed by atoms with van der Waals surface area (Å²) in [5.41, 5.74) is 1.59. The Balaban J connectivity index is 2.24. The van der Waals surface area contributed by atoms with Crippen LogP contribution in [0.25, 0.3) is 11.0 Å². The van der Waals surface area contributed by atoms with Crippen LogP contribution in [0.5, 0.6) is 0 Å². The standard InChI is InChI=1S/C12H13N3O5/c1-20-10(16)9(15-12(18)19)5-6-2-3-7-8(4-6)14-11(17)13-7/h2-4,9,15H,5H2,1H3,(H,18,19)(H2,13,14,17). The number of fused-ring (bicyclic) bond motifs is 1. The van der Waals surface area contributed by atoms with Gasteiger partial charge in [0.2, 0.25) is 0 Å². The second-order valence-electron chi connectivity index (χ2n) is 4.19. The molecule has 0 radical (unpaired) electrons. The van der Waals surface area contributed by atoms with Crippen LogP contribution in [0.1, 0.15) is 5.56 Å². The predicted molar refractivity (Wildman–Crippen MR) is 69.6 cm³/mol. The van der Waals surface area contributed by atoms with Gasteiger partial charge in [0.15, 0.2) is 0 Å². The molecule has 0 saturated carbocycles. The van der Waals surface area contributed by atoms with Gasteiger partial charge in [-0.05, 0) is 17.7 Å². The highest BCUT2D eigenvalue weighted by molar-refractivity contribution is 5.81. The first kappa shape index (κ1) is 13.7. The highest BCUT2D eigenvalue weighted by Gasteiger charge is 2.21. The predicted octanol–water partition coefficient (Wildman–Crippen LogP) is 0.208. The van der Waals surface area contributed by atoms with E-state index in [0.29, 0.717) is 16.6 Å². The number of rotatable bonds is 4. The van der Waals surface area contributed by atoms with Gasteiger partial charge in [-0.25, -0.2) is 14.4 Å². The van der Waals surface area contributed by atoms with E-state index in [0.717, 1.165) is 0 Å². The lowest BCUT2D eigenvalue weighted by Gasteiger charge is -2.14. The maximum absolute atomic E-state index is 11.5. The zero-order valence-corrected chi connectivity index (χ0v) is 10.6. The van der Waals surface area contributed by atoms with Gasteiger partial charge in [-0.3, -0.25) is 0 Å². The van der Waals surface area contributed by atoms with Crippen molar-refractivity contribution < 1.29 is 19.4 Å². The summed E-state index contributed by atoms with van der Waals surface area (Å²) in [7, 11) is 1.19. The van der Waals surface area contributed by atoms with E-state index >= 15 is 0 Å². The van der Waals surface area contributed by atoms with E-state index in [1.54, 1.807) is 18.2 Å². The van der Waals surface area contributed by atoms with Crippen molar-refractivity contribution in [2.24, 2.45) is 0 Å². The van der Waals surface area contributed by atoms with Crippen LogP contribution in [0, 0.1) is 0 Å². The summed E-state index contributed by atoms with van der Waals surface area (Å²) in [6.07, 6.45) is -1.18. The number of nitrogens with one attached hydrogen (secondary N) is 3. The third kappa shape index (κ3) is 2.97. The van der Waals surface area contributed by atoms with Gasteiger partial charge >= 0.3 is 17.8 Å². The van der Waals surface area contributed by atoms with Crippen LogP contribution >= 0.6 is 0 Å². The topological polar surface area (TPSA) is 124 Å². The van der Waals surface area contributed by atoms with Gasteiger partial charge in [-0.2, -0.15) is 0 Å². The molecule has 2 aromatic rings. The summed E-state index contributed by atoms with van der Waals surface area (Å²) >= 11 is 0. The Morgan fingerprint density at radius 3 is 2.70 bits per heavy atom. The van der Waals surface area contributed by atoms with Crippen LogP contribution < -0.4 is 11.0 Å². The van der Waals surface area contributed by atoms with Crippen molar-refractivity contribution in [1.82, 2.24) is 15.3 Å². The minimum atomic E-state index is -1.31. The summed E-state index contributed by atoms with van der Waals surface area (Å²) in [6.45, 7) is 0. The first-order valence-electron chi connectivity index (χ1n) is 5.78. The zero-order valence-electron chi connectivity index (χ0n) is 10.6. The molecule has 0 aliphatic rings. The smallest absolute Gasteiger partial charge is 0.405 e. The number of aromatic amines is 2. The molecule has 0 bridgehead atoms. The maximum atomic E-state index is 11.5. The van der Waals surface area contributed by atoms with Crippen molar-refractivity contribution in [3.63, 3.8) is 0 Å². The van der Waals surface area contributed by atoms with Crippen molar-refractivity contribution in [3.8, 4) is 0 Å². The fourth-order valence-electron chi connectivity index (χ4n) is 1.93. The molecule has 1 aromatic carbocycles. The summed E-state index contributed by atoms with van der Waals surface area (Å²) in [5.74, 6) is -0.671. The number of hydrogen-bond acceptors (Lipinski definition) is 4. The van der Waals surface area contributed by atoms with Gasteiger partial charge < -0.3 is 25.1 Å². The maximum Gasteiger partial charge on any atom is 0.405 e. The van der Waals surface area contributed by atoms with Crippen LogP contribution in [0.4, 0.5) is 4.79 Å². The molecular weight excluding hydrogens is 266 g/mol. The molecule has 20 heavy (non-hydrogen) atoms. The van der Waals surface area contributed by atoms with Crippen molar-refractivity contribution >= 4 is 23.1 Å². The third-order valence-corrected chi connectivity index (χ3v) is 2.80. The van der Waals surface area contributed by atoms with Gasteiger partial charge in [0.05, 0.1) is 18.1 Å². The Bertz CT molecular complexity index is 702. The highest BCUT2D eigenvalue weighted by atomic mass is 16.5. The van der Waals surface area contributed by atoms with E-state index in [2.05, 4.69) is 20.0 Å². The van der Waals surface area contributed by atoms with Crippen LogP contribution in [0.15, 0.2) is 23.0 Å². The van der Waals surface area contributed by atoms with E-state index in [1.165, 1.54) is 7.11 Å². The zero-order chi connectivity index (χ0) is 14.7. The quantitative estimate of drug-likeness (QED) is 0.595. The molecule has 106 valence electrons. The van der Waals surface area contributed by atoms with Crippen molar-refractivity contribution in [3.05, 3.63) is 34.2 Å². The Morgan fingerprint density at radius 2 is 2.05 bits per heavy atom. The van der Waals surface area contributed by atoms with E-state index in [9.17, 15) is 14.4 Å². The van der Waals surface area contributed by atoms with Gasteiger partial charge in [-0.1, -0.05) is 6.07 Å². The first-order chi connectivity index (χ1) is 9.49. The monoisotopic (exact) mass is 279 g/mol. The summed E-state index contributed by atoms with van der Waals surface area (Å²) in [4.78, 5) is 38.5. The van der Waals surface area contributed by atoms with E-state index in [1.807, 2.05) is 0 Å². The van der Waals surface area contributed by atoms with Crippen LogP contribution in [0.2, 0.25) is 0 Å². The number of imidazole rings is 1. The molecule has 0 aliphatic carbocycles. The normalized spacial score (nSPS) is 12.1. The van der Waals surface area contributed by atoms with Crippen molar-refractivity contribution in [1.29, 1.82) is 0 Å². The van der Waals surface area contributed by atoms with Crippen LogP contribution in [0.3, 0.4) is 0 Å². The highest BCUT2D eigenvalue weighted by Crippen LogP contribution is 2.12. The number of carbonyl (C=O) groups is 2. The molecular formula is C12H13N3O5. The number of amides is 1. The third-order valence-electron chi connectivity index (χ3n) is 2.80. The number of aromatic nitrogens is 2. The molecule has 2 rings (SSSR count). The summed E-state index contributed by atoms with van der Waals surface area (Å²) in [6, 6.07) is 4.05. The molecule has 8 nitrogen and oxygen atoms in total. The minimum absolute atomic E-state index is 0.127. The summed E-state index contributed by atoms with van der Waals surface area (Å²) in [5, 5.41) is 10.8. The molecule has 0 spiro atoms. The number of carboxylic acid groups (broad SMARTS) is 1. The number of H-pyrrole nitrogens is 2. The molecule has 1 unspecified atom stereocenters. The van der Waals surface area contributed by atoms with Crippen LogP contribution in [-0.4, -0.2) is 40.3 Å². The van der Waals surface area contributed by atoms with Crippen molar-refractivity contribution in [2.75, 3.05) is 7.11 Å². The molecule has 1 aromatic heterocycles. The molecule has 1 amide bonds. The first-order valence-corrected chi connectivity index (χ1v) is 5.78. The largest absolute Gasteiger partial charge is 0.467 e. The van der Waals surface area contributed by atoms with Gasteiger partial charge in [0.25, 0.3) is 0 Å². The molecule has 1 heterocycles. The van der Waals surface area contributed by atoms with Crippen LogP contribution in [-0.2, 0) is 16.0 Å². The number of carbonyl (C=O) groups excluding carboxylic acids is 1. The molecule has 1 atom stereocenters. The van der Waals surface area contributed by atoms with Gasteiger partial charge in [0.1, 0.15) is 6.04 Å². The average molecular weight is 279 g/mol. The lowest BCUT2D eigenvalue weighted by Crippen LogP contribution is -2.42. The number of esters is 1. The van der Waals surface area contributed by atoms with E-state index < -0.39 is 18.1 Å². The Hall–Kier alpha value is -2.77. The minimum Gasteiger partial charge on any atom is -0.467 e. The molecule has 0 saturated heterocycles. The second kappa shape index (κ2) is 5.47. The Kier molecular flexibility index (Phi) is 3.74. The SMILES string of the molecule is COC(=O)C(Cc1ccc2[nH]c(=O)[nH]c2c1)NC(=O)O. The van der Waals surface area contributed by atoms with E-state index in [4.69, 9.17) is 5.11 Å². The fraction of sp³-hybridized carbons (Fsp3) is 0.250. The number of benzene rings is 1. The van der Waals surface area contributed by atoms with Gasteiger partial charge in [-0.15, -0.1) is 0 Å². The number of methoxy groups -OCH3 is 1. The summed E-state index contributed by atoms with van der Waals surface area (Å²) < 4.78 is 4.55. The molecule has 0 aliphatic heterocycles. The van der Waals surface area contributed by atoms with Crippen molar-refractivity contribution in [2.45, 2.75) is 12.5 Å². The second-order valence-corrected chi connectivity index (χ2v) is 4.19. The Morgan fingerprint density at radius 1 is 1.35 bits per heavy atom. The fourth-order valence-corrected chi connectivity index (χ4v) is 1.93. The lowest BCUT2D eigenvalue weighted by atomic mass is 10.1. The lowest BCUT2D eigenvalue weighted by molar-refractivity contribution is -0.142. The number of hydrogen-bond donors (Lipinski definition) is 4. The molecule has 0 fully saturated rings. The Labute approximate surface area is 112 Å². The average Bonchev–Trinajstić information content (AvgIpc) is 2.75. The molecule has 8 heteroatoms. The van der Waals surface area contributed by atoms with Gasteiger partial charge in [0, 0.05) is 6.42 Å². The number of ether oxygens (including phenoxy) is 1. The molecule has 4 N–H and O–H groups in total.